The van der Waals surface area contributed by atoms with Crippen LogP contribution >= 0.6 is 11.6 Å². The van der Waals surface area contributed by atoms with Crippen LogP contribution in [0.2, 0.25) is 5.15 Å². The summed E-state index contributed by atoms with van der Waals surface area (Å²) < 4.78 is 5.12. The number of hydrogen-bond acceptors (Lipinski definition) is 5. The van der Waals surface area contributed by atoms with E-state index in [-0.39, 0.29) is 28.2 Å². The molecule has 1 fully saturated rings. The highest BCUT2D eigenvalue weighted by molar-refractivity contribution is 6.29. The van der Waals surface area contributed by atoms with E-state index >= 15 is 0 Å². The predicted molar refractivity (Wildman–Crippen MR) is 76.4 cm³/mol. The standard InChI is InChI=1S/C13H16ClN3O4/c1-21-8-9-3-2-4-16(7-9)13(18)10-5-12(14)15-6-11(10)17(19)20/h5-6,9H,2-4,7-8H2,1H3. The van der Waals surface area contributed by atoms with Crippen molar-refractivity contribution >= 4 is 23.2 Å². The van der Waals surface area contributed by atoms with E-state index in [0.29, 0.717) is 19.7 Å². The summed E-state index contributed by atoms with van der Waals surface area (Å²) in [6.07, 6.45) is 2.86. The zero-order valence-electron chi connectivity index (χ0n) is 11.6. The van der Waals surface area contributed by atoms with Gasteiger partial charge in [0.15, 0.2) is 0 Å². The fourth-order valence-corrected chi connectivity index (χ4v) is 2.69. The van der Waals surface area contributed by atoms with Gasteiger partial charge in [-0.05, 0) is 24.8 Å². The van der Waals surface area contributed by atoms with Crippen LogP contribution in [0.15, 0.2) is 12.3 Å². The second-order valence-electron chi connectivity index (χ2n) is 5.00. The summed E-state index contributed by atoms with van der Waals surface area (Å²) in [6, 6.07) is 1.25. The van der Waals surface area contributed by atoms with Gasteiger partial charge in [-0.3, -0.25) is 14.9 Å². The summed E-state index contributed by atoms with van der Waals surface area (Å²) in [7, 11) is 1.62. The first-order valence-electron chi connectivity index (χ1n) is 6.61. The molecule has 1 aliphatic heterocycles. The van der Waals surface area contributed by atoms with Crippen LogP contribution in [0.25, 0.3) is 0 Å². The van der Waals surface area contributed by atoms with Crippen LogP contribution in [0, 0.1) is 16.0 Å². The number of halogens is 1. The lowest BCUT2D eigenvalue weighted by atomic mass is 9.98. The quantitative estimate of drug-likeness (QED) is 0.483. The van der Waals surface area contributed by atoms with E-state index < -0.39 is 4.92 Å². The van der Waals surface area contributed by atoms with Gasteiger partial charge in [-0.1, -0.05) is 11.6 Å². The molecule has 0 radical (unpaired) electrons. The van der Waals surface area contributed by atoms with Crippen LogP contribution in [0.5, 0.6) is 0 Å². The number of hydrogen-bond donors (Lipinski definition) is 0. The molecule has 1 atom stereocenters. The fraction of sp³-hybridized carbons (Fsp3) is 0.538. The molecular weight excluding hydrogens is 298 g/mol. The third kappa shape index (κ3) is 3.68. The minimum atomic E-state index is -0.618. The van der Waals surface area contributed by atoms with E-state index in [4.69, 9.17) is 16.3 Å². The highest BCUT2D eigenvalue weighted by atomic mass is 35.5. The minimum absolute atomic E-state index is 0.0157. The second-order valence-corrected chi connectivity index (χ2v) is 5.38. The molecule has 21 heavy (non-hydrogen) atoms. The van der Waals surface area contributed by atoms with E-state index in [1.165, 1.54) is 6.07 Å². The molecule has 0 N–H and O–H groups in total. The Morgan fingerprint density at radius 3 is 3.10 bits per heavy atom. The molecule has 1 unspecified atom stereocenters. The average molecular weight is 314 g/mol. The zero-order chi connectivity index (χ0) is 15.4. The SMILES string of the molecule is COCC1CCCN(C(=O)c2cc(Cl)ncc2[N+](=O)[O-])C1. The summed E-state index contributed by atoms with van der Waals surface area (Å²) in [4.78, 5) is 28.2. The number of ether oxygens (including phenoxy) is 1. The Hall–Kier alpha value is -1.73. The van der Waals surface area contributed by atoms with Gasteiger partial charge < -0.3 is 9.64 Å². The Labute approximate surface area is 127 Å². The predicted octanol–water partition coefficient (Wildman–Crippen LogP) is 2.14. The second kappa shape index (κ2) is 6.82. The van der Waals surface area contributed by atoms with Crippen LogP contribution in [-0.2, 0) is 4.74 Å². The number of amides is 1. The first-order valence-corrected chi connectivity index (χ1v) is 6.99. The van der Waals surface area contributed by atoms with Crippen molar-refractivity contribution in [3.05, 3.63) is 33.1 Å². The molecule has 0 aromatic carbocycles. The zero-order valence-corrected chi connectivity index (χ0v) is 12.4. The number of pyridine rings is 1. The molecule has 0 bridgehead atoms. The molecule has 1 aromatic heterocycles. The minimum Gasteiger partial charge on any atom is -0.384 e. The van der Waals surface area contributed by atoms with Crippen molar-refractivity contribution in [2.24, 2.45) is 5.92 Å². The van der Waals surface area contributed by atoms with E-state index in [2.05, 4.69) is 4.98 Å². The maximum absolute atomic E-state index is 12.5. The fourth-order valence-electron chi connectivity index (χ4n) is 2.53. The molecule has 2 heterocycles. The van der Waals surface area contributed by atoms with E-state index in [9.17, 15) is 14.9 Å². The van der Waals surface area contributed by atoms with Crippen molar-refractivity contribution in [3.63, 3.8) is 0 Å². The van der Waals surface area contributed by atoms with E-state index in [0.717, 1.165) is 19.0 Å². The molecule has 114 valence electrons. The summed E-state index contributed by atoms with van der Waals surface area (Å²) in [5.74, 6) is -0.129. The molecule has 1 amide bonds. The van der Waals surface area contributed by atoms with Crippen molar-refractivity contribution < 1.29 is 14.5 Å². The van der Waals surface area contributed by atoms with E-state index in [1.807, 2.05) is 0 Å². The lowest BCUT2D eigenvalue weighted by Crippen LogP contribution is -2.41. The third-order valence-electron chi connectivity index (χ3n) is 3.49. The number of carbonyl (C=O) groups excluding carboxylic acids is 1. The van der Waals surface area contributed by atoms with Crippen molar-refractivity contribution in [2.45, 2.75) is 12.8 Å². The van der Waals surface area contributed by atoms with Gasteiger partial charge in [0.05, 0.1) is 11.5 Å². The number of carbonyl (C=O) groups is 1. The number of likely N-dealkylation sites (tertiary alicyclic amines) is 1. The molecule has 1 aromatic rings. The van der Waals surface area contributed by atoms with Crippen molar-refractivity contribution in [1.29, 1.82) is 0 Å². The van der Waals surface area contributed by atoms with Crippen LogP contribution in [0.3, 0.4) is 0 Å². The summed E-state index contributed by atoms with van der Waals surface area (Å²) >= 11 is 5.76. The van der Waals surface area contributed by atoms with Crippen LogP contribution < -0.4 is 0 Å². The maximum Gasteiger partial charge on any atom is 0.300 e. The van der Waals surface area contributed by atoms with Gasteiger partial charge in [-0.25, -0.2) is 4.98 Å². The van der Waals surface area contributed by atoms with Crippen LogP contribution in [-0.4, -0.2) is 47.5 Å². The van der Waals surface area contributed by atoms with Gasteiger partial charge in [0.25, 0.3) is 11.6 Å². The van der Waals surface area contributed by atoms with Crippen LogP contribution in [0.1, 0.15) is 23.2 Å². The molecule has 8 heteroatoms. The van der Waals surface area contributed by atoms with Crippen molar-refractivity contribution in [1.82, 2.24) is 9.88 Å². The molecule has 0 saturated carbocycles. The maximum atomic E-state index is 12.5. The largest absolute Gasteiger partial charge is 0.384 e. The molecule has 0 spiro atoms. The number of nitrogens with zero attached hydrogens (tertiary/aromatic N) is 3. The van der Waals surface area contributed by atoms with E-state index in [1.54, 1.807) is 12.0 Å². The lowest BCUT2D eigenvalue weighted by Gasteiger charge is -2.32. The van der Waals surface area contributed by atoms with Crippen LogP contribution in [0.4, 0.5) is 5.69 Å². The number of rotatable bonds is 4. The molecule has 1 saturated heterocycles. The number of piperidine rings is 1. The molecule has 7 nitrogen and oxygen atoms in total. The first kappa shape index (κ1) is 15.7. The Balaban J connectivity index is 2.23. The van der Waals surface area contributed by atoms with Crippen molar-refractivity contribution in [3.8, 4) is 0 Å². The number of methoxy groups -OCH3 is 1. The Bertz CT molecular complexity index is 550. The normalized spacial score (nSPS) is 18.6. The Morgan fingerprint density at radius 1 is 1.67 bits per heavy atom. The third-order valence-corrected chi connectivity index (χ3v) is 3.69. The lowest BCUT2D eigenvalue weighted by molar-refractivity contribution is -0.385. The van der Waals surface area contributed by atoms with Gasteiger partial charge in [-0.15, -0.1) is 0 Å². The average Bonchev–Trinajstić information content (AvgIpc) is 2.46. The smallest absolute Gasteiger partial charge is 0.300 e. The summed E-state index contributed by atoms with van der Waals surface area (Å²) in [5.41, 5.74) is -0.337. The number of nitro groups is 1. The van der Waals surface area contributed by atoms with Gasteiger partial charge in [0.1, 0.15) is 16.9 Å². The van der Waals surface area contributed by atoms with Gasteiger partial charge in [0.2, 0.25) is 0 Å². The monoisotopic (exact) mass is 313 g/mol. The molecule has 2 rings (SSSR count). The van der Waals surface area contributed by atoms with Crippen molar-refractivity contribution in [2.75, 3.05) is 26.8 Å². The Morgan fingerprint density at radius 2 is 2.43 bits per heavy atom. The van der Waals surface area contributed by atoms with Gasteiger partial charge in [-0.2, -0.15) is 0 Å². The van der Waals surface area contributed by atoms with Gasteiger partial charge in [0, 0.05) is 20.2 Å². The molecular formula is C13H16ClN3O4. The summed E-state index contributed by atoms with van der Waals surface area (Å²) in [6.45, 7) is 1.68. The Kier molecular flexibility index (Phi) is 5.08. The molecule has 0 aliphatic carbocycles. The summed E-state index contributed by atoms with van der Waals surface area (Å²) in [5, 5.41) is 11.1. The first-order chi connectivity index (χ1) is 10.0. The highest BCUT2D eigenvalue weighted by Crippen LogP contribution is 2.25. The molecule has 1 aliphatic rings. The van der Waals surface area contributed by atoms with Gasteiger partial charge >= 0.3 is 0 Å². The topological polar surface area (TPSA) is 85.6 Å². The highest BCUT2D eigenvalue weighted by Gasteiger charge is 2.29. The number of aromatic nitrogens is 1.